The summed E-state index contributed by atoms with van der Waals surface area (Å²) in [4.78, 5) is 5.39. The standard InChI is InChI=1S/C17H32N2O/c1-15(2,3)19-10-9-18-12-14(20-16(4,5)6)17(7-8-17)13(18)11-19/h13-14H,7-12H2,1-6H3. The highest BCUT2D eigenvalue weighted by Gasteiger charge is 2.63. The summed E-state index contributed by atoms with van der Waals surface area (Å²) >= 11 is 0. The van der Waals surface area contributed by atoms with Gasteiger partial charge in [-0.25, -0.2) is 0 Å². The molecule has 0 bridgehead atoms. The average Bonchev–Trinajstić information content (AvgIpc) is 3.00. The van der Waals surface area contributed by atoms with Crippen LogP contribution in [0.3, 0.4) is 0 Å². The molecule has 3 heteroatoms. The molecular formula is C17H32N2O. The van der Waals surface area contributed by atoms with Crippen LogP contribution < -0.4 is 0 Å². The third kappa shape index (κ3) is 2.53. The van der Waals surface area contributed by atoms with Crippen molar-refractivity contribution in [2.45, 2.75) is 77.7 Å². The van der Waals surface area contributed by atoms with Crippen LogP contribution in [0.1, 0.15) is 54.4 Å². The zero-order valence-corrected chi connectivity index (χ0v) is 14.2. The van der Waals surface area contributed by atoms with E-state index in [0.29, 0.717) is 17.1 Å². The molecule has 20 heavy (non-hydrogen) atoms. The summed E-state index contributed by atoms with van der Waals surface area (Å²) in [6.07, 6.45) is 3.19. The van der Waals surface area contributed by atoms with Crippen molar-refractivity contribution < 1.29 is 4.74 Å². The van der Waals surface area contributed by atoms with Gasteiger partial charge >= 0.3 is 0 Å². The van der Waals surface area contributed by atoms with Crippen molar-refractivity contribution in [1.29, 1.82) is 0 Å². The van der Waals surface area contributed by atoms with E-state index < -0.39 is 0 Å². The van der Waals surface area contributed by atoms with E-state index >= 15 is 0 Å². The van der Waals surface area contributed by atoms with Crippen LogP contribution in [0.5, 0.6) is 0 Å². The molecule has 3 aliphatic rings. The summed E-state index contributed by atoms with van der Waals surface area (Å²) in [7, 11) is 0. The van der Waals surface area contributed by atoms with Crippen LogP contribution >= 0.6 is 0 Å². The molecule has 116 valence electrons. The molecule has 0 radical (unpaired) electrons. The summed E-state index contributed by atoms with van der Waals surface area (Å²) in [5.41, 5.74) is 0.751. The van der Waals surface area contributed by atoms with Gasteiger partial charge in [-0.2, -0.15) is 0 Å². The van der Waals surface area contributed by atoms with Gasteiger partial charge in [0.1, 0.15) is 0 Å². The lowest BCUT2D eigenvalue weighted by molar-refractivity contribution is -0.0783. The summed E-state index contributed by atoms with van der Waals surface area (Å²) in [5, 5.41) is 0. The van der Waals surface area contributed by atoms with Gasteiger partial charge in [-0.05, 0) is 54.4 Å². The normalized spacial score (nSPS) is 34.5. The fourth-order valence-electron chi connectivity index (χ4n) is 4.18. The molecule has 0 aromatic rings. The highest BCUT2D eigenvalue weighted by Crippen LogP contribution is 2.59. The Hall–Kier alpha value is -0.120. The summed E-state index contributed by atoms with van der Waals surface area (Å²) in [6.45, 7) is 18.4. The zero-order chi connectivity index (χ0) is 14.8. The van der Waals surface area contributed by atoms with E-state index in [9.17, 15) is 0 Å². The Morgan fingerprint density at radius 3 is 2.10 bits per heavy atom. The Kier molecular flexibility index (Phi) is 3.28. The minimum atomic E-state index is -0.0153. The Morgan fingerprint density at radius 2 is 1.60 bits per heavy atom. The van der Waals surface area contributed by atoms with Gasteiger partial charge in [-0.3, -0.25) is 9.80 Å². The van der Waals surface area contributed by atoms with Crippen LogP contribution in [0.4, 0.5) is 0 Å². The topological polar surface area (TPSA) is 15.7 Å². The first-order chi connectivity index (χ1) is 9.12. The van der Waals surface area contributed by atoms with Crippen LogP contribution in [0, 0.1) is 5.41 Å². The van der Waals surface area contributed by atoms with Crippen molar-refractivity contribution in [3.63, 3.8) is 0 Å². The van der Waals surface area contributed by atoms with Crippen LogP contribution in [0.15, 0.2) is 0 Å². The second kappa shape index (κ2) is 4.44. The number of hydrogen-bond acceptors (Lipinski definition) is 3. The van der Waals surface area contributed by atoms with Crippen LogP contribution in [-0.4, -0.2) is 59.3 Å². The van der Waals surface area contributed by atoms with Gasteiger partial charge < -0.3 is 4.74 Å². The van der Waals surface area contributed by atoms with E-state index in [0.717, 1.165) is 12.6 Å². The van der Waals surface area contributed by atoms with Crippen molar-refractivity contribution in [3.05, 3.63) is 0 Å². The third-order valence-electron chi connectivity index (χ3n) is 5.47. The fourth-order valence-corrected chi connectivity index (χ4v) is 4.18. The van der Waals surface area contributed by atoms with Crippen molar-refractivity contribution in [1.82, 2.24) is 9.80 Å². The second-order valence-electron chi connectivity index (χ2n) is 9.08. The van der Waals surface area contributed by atoms with Crippen molar-refractivity contribution in [2.24, 2.45) is 5.41 Å². The first-order valence-corrected chi connectivity index (χ1v) is 8.29. The molecule has 0 N–H and O–H groups in total. The highest BCUT2D eigenvalue weighted by atomic mass is 16.5. The molecule has 1 saturated carbocycles. The molecule has 3 rings (SSSR count). The summed E-state index contributed by atoms with van der Waals surface area (Å²) in [5.74, 6) is 0. The molecule has 2 saturated heterocycles. The number of piperazine rings is 1. The van der Waals surface area contributed by atoms with Gasteiger partial charge in [-0.1, -0.05) is 0 Å². The lowest BCUT2D eigenvalue weighted by Crippen LogP contribution is -2.57. The molecule has 1 aliphatic carbocycles. The molecule has 2 atom stereocenters. The van der Waals surface area contributed by atoms with Gasteiger partial charge in [0.05, 0.1) is 11.7 Å². The fraction of sp³-hybridized carbons (Fsp3) is 1.00. The maximum atomic E-state index is 6.43. The van der Waals surface area contributed by atoms with Crippen molar-refractivity contribution in [3.8, 4) is 0 Å². The molecule has 0 aromatic carbocycles. The number of nitrogens with zero attached hydrogens (tertiary/aromatic N) is 2. The van der Waals surface area contributed by atoms with Gasteiger partial charge in [0.25, 0.3) is 0 Å². The Labute approximate surface area is 124 Å². The Morgan fingerprint density at radius 1 is 0.950 bits per heavy atom. The van der Waals surface area contributed by atoms with Crippen molar-refractivity contribution >= 4 is 0 Å². The minimum Gasteiger partial charge on any atom is -0.371 e. The lowest BCUT2D eigenvalue weighted by atomic mass is 9.91. The van der Waals surface area contributed by atoms with E-state index in [1.165, 1.54) is 32.5 Å². The van der Waals surface area contributed by atoms with E-state index in [1.54, 1.807) is 0 Å². The van der Waals surface area contributed by atoms with Gasteiger partial charge in [0.2, 0.25) is 0 Å². The van der Waals surface area contributed by atoms with Gasteiger partial charge in [0, 0.05) is 43.2 Å². The summed E-state index contributed by atoms with van der Waals surface area (Å²) < 4.78 is 6.43. The second-order valence-corrected chi connectivity index (χ2v) is 9.08. The average molecular weight is 280 g/mol. The zero-order valence-electron chi connectivity index (χ0n) is 14.2. The molecule has 2 unspecified atom stereocenters. The number of ether oxygens (including phenoxy) is 1. The largest absolute Gasteiger partial charge is 0.371 e. The number of fused-ring (bicyclic) bond motifs is 2. The highest BCUT2D eigenvalue weighted by molar-refractivity contribution is 5.16. The predicted molar refractivity (Wildman–Crippen MR) is 83.0 cm³/mol. The quantitative estimate of drug-likeness (QED) is 0.734. The molecule has 2 aliphatic heterocycles. The third-order valence-corrected chi connectivity index (χ3v) is 5.47. The SMILES string of the molecule is CC(C)(C)OC1CN2CCN(C(C)(C)C)CC2C12CC2. The first kappa shape index (κ1) is 14.8. The molecule has 3 nitrogen and oxygen atoms in total. The van der Waals surface area contributed by atoms with Gasteiger partial charge in [0.15, 0.2) is 0 Å². The van der Waals surface area contributed by atoms with Gasteiger partial charge in [-0.15, -0.1) is 0 Å². The molecule has 3 fully saturated rings. The van der Waals surface area contributed by atoms with E-state index in [1.807, 2.05) is 0 Å². The number of hydrogen-bond donors (Lipinski definition) is 0. The molecule has 2 heterocycles. The smallest absolute Gasteiger partial charge is 0.0780 e. The monoisotopic (exact) mass is 280 g/mol. The first-order valence-electron chi connectivity index (χ1n) is 8.29. The Bertz CT molecular complexity index is 375. The predicted octanol–water partition coefficient (Wildman–Crippen LogP) is 2.75. The van der Waals surface area contributed by atoms with Crippen LogP contribution in [0.2, 0.25) is 0 Å². The van der Waals surface area contributed by atoms with E-state index in [-0.39, 0.29) is 5.60 Å². The molecule has 0 aromatic heterocycles. The van der Waals surface area contributed by atoms with Crippen LogP contribution in [-0.2, 0) is 4.74 Å². The molecular weight excluding hydrogens is 248 g/mol. The lowest BCUT2D eigenvalue weighted by Gasteiger charge is -2.45. The maximum absolute atomic E-state index is 6.43. The Balaban J connectivity index is 1.75. The van der Waals surface area contributed by atoms with E-state index in [2.05, 4.69) is 51.3 Å². The number of rotatable bonds is 1. The molecule has 0 amide bonds. The van der Waals surface area contributed by atoms with Crippen LogP contribution in [0.25, 0.3) is 0 Å². The van der Waals surface area contributed by atoms with Crippen molar-refractivity contribution in [2.75, 3.05) is 26.2 Å². The summed E-state index contributed by atoms with van der Waals surface area (Å²) in [6, 6.07) is 0.725. The van der Waals surface area contributed by atoms with E-state index in [4.69, 9.17) is 4.74 Å². The minimum absolute atomic E-state index is 0.0153. The maximum Gasteiger partial charge on any atom is 0.0780 e. The molecule has 1 spiro atoms.